The zero-order valence-electron chi connectivity index (χ0n) is 10.6. The number of ether oxygens (including phenoxy) is 1. The number of hydrogen-bond donors (Lipinski definition) is 2. The van der Waals surface area contributed by atoms with Gasteiger partial charge in [-0.25, -0.2) is 0 Å². The van der Waals surface area contributed by atoms with Gasteiger partial charge in [-0.2, -0.15) is 0 Å². The molecular formula is C14H15ClN2O2. The van der Waals surface area contributed by atoms with Gasteiger partial charge in [0.2, 0.25) is 0 Å². The number of nitrogens with zero attached hydrogens (tertiary/aromatic N) is 1. The Bertz CT molecular complexity index is 547. The molecule has 2 rings (SSSR count). The normalized spacial score (nSPS) is 10.3. The highest BCUT2D eigenvalue weighted by Gasteiger charge is 2.08. The van der Waals surface area contributed by atoms with E-state index in [9.17, 15) is 5.11 Å². The number of aliphatic hydroxyl groups excluding tert-OH is 1. The second-order valence-electron chi connectivity index (χ2n) is 3.98. The van der Waals surface area contributed by atoms with Crippen LogP contribution >= 0.6 is 11.6 Å². The maximum Gasteiger partial charge on any atom is 0.126 e. The Morgan fingerprint density at radius 3 is 2.84 bits per heavy atom. The predicted molar refractivity (Wildman–Crippen MR) is 75.5 cm³/mol. The standard InChI is InChI=1S/C14H15ClN2O2/c1-19-14-7-13(12(15)6-10(14)9-18)17-8-11-4-2-3-5-16-11/h2-7,17-18H,8-9H2,1H3. The van der Waals surface area contributed by atoms with Crippen LogP contribution in [-0.4, -0.2) is 17.2 Å². The molecule has 0 atom stereocenters. The van der Waals surface area contributed by atoms with Gasteiger partial charge in [0, 0.05) is 17.8 Å². The van der Waals surface area contributed by atoms with Crippen molar-refractivity contribution in [3.63, 3.8) is 0 Å². The molecule has 0 radical (unpaired) electrons. The van der Waals surface area contributed by atoms with Gasteiger partial charge in [-0.05, 0) is 18.2 Å². The van der Waals surface area contributed by atoms with Crippen LogP contribution in [0.4, 0.5) is 5.69 Å². The molecule has 0 saturated heterocycles. The van der Waals surface area contributed by atoms with Gasteiger partial charge in [0.25, 0.3) is 0 Å². The van der Waals surface area contributed by atoms with Crippen molar-refractivity contribution in [1.82, 2.24) is 4.98 Å². The first-order valence-electron chi connectivity index (χ1n) is 5.85. The van der Waals surface area contributed by atoms with E-state index in [4.69, 9.17) is 16.3 Å². The molecule has 100 valence electrons. The van der Waals surface area contributed by atoms with Gasteiger partial charge in [-0.15, -0.1) is 0 Å². The fraction of sp³-hybridized carbons (Fsp3) is 0.214. The van der Waals surface area contributed by atoms with Gasteiger partial charge >= 0.3 is 0 Å². The lowest BCUT2D eigenvalue weighted by Crippen LogP contribution is -2.03. The maximum atomic E-state index is 9.20. The first-order chi connectivity index (χ1) is 9.24. The summed E-state index contributed by atoms with van der Waals surface area (Å²) in [6.45, 7) is 0.464. The van der Waals surface area contributed by atoms with Crippen molar-refractivity contribution < 1.29 is 9.84 Å². The minimum atomic E-state index is -0.108. The molecule has 0 aliphatic heterocycles. The Balaban J connectivity index is 2.16. The lowest BCUT2D eigenvalue weighted by atomic mass is 10.2. The van der Waals surface area contributed by atoms with Crippen molar-refractivity contribution in [3.05, 3.63) is 52.8 Å². The Kier molecular flexibility index (Phi) is 4.60. The van der Waals surface area contributed by atoms with Crippen LogP contribution in [0, 0.1) is 0 Å². The zero-order valence-corrected chi connectivity index (χ0v) is 11.3. The number of aliphatic hydroxyl groups is 1. The molecule has 2 aromatic rings. The summed E-state index contributed by atoms with van der Waals surface area (Å²) in [4.78, 5) is 4.22. The van der Waals surface area contributed by atoms with Crippen molar-refractivity contribution in [3.8, 4) is 5.75 Å². The van der Waals surface area contributed by atoms with Crippen molar-refractivity contribution >= 4 is 17.3 Å². The number of methoxy groups -OCH3 is 1. The van der Waals surface area contributed by atoms with E-state index in [1.807, 2.05) is 18.2 Å². The third kappa shape index (κ3) is 3.36. The summed E-state index contributed by atoms with van der Waals surface area (Å²) < 4.78 is 5.21. The third-order valence-corrected chi connectivity index (χ3v) is 3.04. The number of nitrogens with one attached hydrogen (secondary N) is 1. The third-order valence-electron chi connectivity index (χ3n) is 2.73. The van der Waals surface area contributed by atoms with Gasteiger partial charge in [-0.3, -0.25) is 4.98 Å². The molecule has 1 aromatic carbocycles. The smallest absolute Gasteiger partial charge is 0.126 e. The van der Waals surface area contributed by atoms with E-state index in [0.29, 0.717) is 22.9 Å². The SMILES string of the molecule is COc1cc(NCc2ccccn2)c(Cl)cc1CO. The van der Waals surface area contributed by atoms with Crippen LogP contribution in [0.25, 0.3) is 0 Å². The van der Waals surface area contributed by atoms with Gasteiger partial charge < -0.3 is 15.2 Å². The van der Waals surface area contributed by atoms with Crippen LogP contribution in [0.2, 0.25) is 5.02 Å². The molecule has 0 saturated carbocycles. The van der Waals surface area contributed by atoms with Crippen molar-refractivity contribution in [2.75, 3.05) is 12.4 Å². The fourth-order valence-electron chi connectivity index (χ4n) is 1.73. The minimum Gasteiger partial charge on any atom is -0.496 e. The summed E-state index contributed by atoms with van der Waals surface area (Å²) in [6, 6.07) is 9.20. The molecule has 1 aromatic heterocycles. The van der Waals surface area contributed by atoms with E-state index >= 15 is 0 Å². The van der Waals surface area contributed by atoms with E-state index in [1.165, 1.54) is 0 Å². The predicted octanol–water partition coefficient (Wildman–Crippen LogP) is 2.85. The largest absolute Gasteiger partial charge is 0.496 e. The Labute approximate surface area is 117 Å². The lowest BCUT2D eigenvalue weighted by Gasteiger charge is -2.12. The van der Waals surface area contributed by atoms with Gasteiger partial charge in [0.1, 0.15) is 5.75 Å². The Morgan fingerprint density at radius 1 is 1.37 bits per heavy atom. The maximum absolute atomic E-state index is 9.20. The van der Waals surface area contributed by atoms with E-state index < -0.39 is 0 Å². The highest BCUT2D eigenvalue weighted by atomic mass is 35.5. The zero-order chi connectivity index (χ0) is 13.7. The molecule has 0 fully saturated rings. The highest BCUT2D eigenvalue weighted by Crippen LogP contribution is 2.31. The monoisotopic (exact) mass is 278 g/mol. The van der Waals surface area contributed by atoms with E-state index in [-0.39, 0.29) is 6.61 Å². The molecule has 19 heavy (non-hydrogen) atoms. The summed E-state index contributed by atoms with van der Waals surface area (Å²) in [6.07, 6.45) is 1.74. The van der Waals surface area contributed by atoms with Crippen molar-refractivity contribution in [2.24, 2.45) is 0 Å². The molecule has 0 bridgehead atoms. The first kappa shape index (κ1) is 13.6. The quantitative estimate of drug-likeness (QED) is 0.883. The van der Waals surface area contributed by atoms with Crippen LogP contribution in [0.3, 0.4) is 0 Å². The van der Waals surface area contributed by atoms with E-state index in [0.717, 1.165) is 11.4 Å². The summed E-state index contributed by atoms with van der Waals surface area (Å²) >= 11 is 6.15. The number of hydrogen-bond acceptors (Lipinski definition) is 4. The van der Waals surface area contributed by atoms with Crippen LogP contribution in [-0.2, 0) is 13.2 Å². The Hall–Kier alpha value is -1.78. The van der Waals surface area contributed by atoms with E-state index in [2.05, 4.69) is 10.3 Å². The molecule has 1 heterocycles. The molecule has 0 aliphatic carbocycles. The van der Waals surface area contributed by atoms with Gasteiger partial charge in [0.05, 0.1) is 36.7 Å². The topological polar surface area (TPSA) is 54.4 Å². The fourth-order valence-corrected chi connectivity index (χ4v) is 1.99. The highest BCUT2D eigenvalue weighted by molar-refractivity contribution is 6.33. The van der Waals surface area contributed by atoms with Crippen LogP contribution in [0.15, 0.2) is 36.5 Å². The van der Waals surface area contributed by atoms with Crippen LogP contribution in [0.5, 0.6) is 5.75 Å². The second-order valence-corrected chi connectivity index (χ2v) is 4.38. The van der Waals surface area contributed by atoms with E-state index in [1.54, 1.807) is 25.4 Å². The molecule has 0 spiro atoms. The molecule has 0 amide bonds. The number of halogens is 1. The minimum absolute atomic E-state index is 0.108. The second kappa shape index (κ2) is 6.41. The molecule has 0 unspecified atom stereocenters. The van der Waals surface area contributed by atoms with Crippen LogP contribution < -0.4 is 10.1 Å². The number of aromatic nitrogens is 1. The molecule has 0 aliphatic rings. The average molecular weight is 279 g/mol. The lowest BCUT2D eigenvalue weighted by molar-refractivity contribution is 0.274. The number of anilines is 1. The molecule has 4 nitrogen and oxygen atoms in total. The first-order valence-corrected chi connectivity index (χ1v) is 6.23. The summed E-state index contributed by atoms with van der Waals surface area (Å²) in [5.41, 5.74) is 2.33. The number of benzene rings is 1. The Morgan fingerprint density at radius 2 is 2.21 bits per heavy atom. The number of rotatable bonds is 5. The van der Waals surface area contributed by atoms with Crippen molar-refractivity contribution in [1.29, 1.82) is 0 Å². The van der Waals surface area contributed by atoms with Gasteiger partial charge in [-0.1, -0.05) is 17.7 Å². The molecule has 2 N–H and O–H groups in total. The summed E-state index contributed by atoms with van der Waals surface area (Å²) in [5, 5.41) is 12.9. The summed E-state index contributed by atoms with van der Waals surface area (Å²) in [5.74, 6) is 0.607. The molecular weight excluding hydrogens is 264 g/mol. The summed E-state index contributed by atoms with van der Waals surface area (Å²) in [7, 11) is 1.56. The average Bonchev–Trinajstić information content (AvgIpc) is 2.46. The number of pyridine rings is 1. The van der Waals surface area contributed by atoms with Crippen LogP contribution in [0.1, 0.15) is 11.3 Å². The van der Waals surface area contributed by atoms with Gasteiger partial charge in [0.15, 0.2) is 0 Å². The molecule has 5 heteroatoms. The van der Waals surface area contributed by atoms with Crippen molar-refractivity contribution in [2.45, 2.75) is 13.2 Å².